The van der Waals surface area contributed by atoms with E-state index in [1.54, 1.807) is 24.3 Å². The van der Waals surface area contributed by atoms with Gasteiger partial charge in [-0.25, -0.2) is 14.6 Å². The van der Waals surface area contributed by atoms with Crippen LogP contribution in [-0.2, 0) is 0 Å². The van der Waals surface area contributed by atoms with Crippen molar-refractivity contribution in [1.82, 2.24) is 10.4 Å². The topological polar surface area (TPSA) is 89.9 Å². The molecule has 3 rings (SSSR count). The van der Waals surface area contributed by atoms with Crippen LogP contribution in [0.5, 0.6) is 11.5 Å². The molecule has 0 bridgehead atoms. The van der Waals surface area contributed by atoms with Gasteiger partial charge in [-0.2, -0.15) is 5.10 Å². The van der Waals surface area contributed by atoms with Crippen molar-refractivity contribution in [2.45, 2.75) is 6.92 Å². The number of pyridine rings is 1. The summed E-state index contributed by atoms with van der Waals surface area (Å²) in [5.41, 5.74) is 4.27. The Bertz CT molecular complexity index is 1100. The third-order valence-electron chi connectivity index (χ3n) is 4.00. The lowest BCUT2D eigenvalue weighted by atomic mass is 10.2. The number of ether oxygens (including phenoxy) is 2. The Morgan fingerprint density at radius 1 is 1.07 bits per heavy atom. The first-order valence-electron chi connectivity index (χ1n) is 8.88. The summed E-state index contributed by atoms with van der Waals surface area (Å²) in [4.78, 5) is 28.3. The predicted octanol–water partition coefficient (Wildman–Crippen LogP) is 3.52. The summed E-state index contributed by atoms with van der Waals surface area (Å²) >= 11 is 0. The van der Waals surface area contributed by atoms with E-state index in [9.17, 15) is 14.0 Å². The van der Waals surface area contributed by atoms with Crippen LogP contribution >= 0.6 is 0 Å². The van der Waals surface area contributed by atoms with E-state index in [1.807, 2.05) is 6.92 Å². The van der Waals surface area contributed by atoms with Gasteiger partial charge in [0.2, 0.25) is 0 Å². The molecule has 0 unspecified atom stereocenters. The van der Waals surface area contributed by atoms with Gasteiger partial charge >= 0.3 is 5.97 Å². The fourth-order valence-electron chi connectivity index (χ4n) is 2.46. The number of aromatic nitrogens is 1. The summed E-state index contributed by atoms with van der Waals surface area (Å²) in [5.74, 6) is -1.21. The Morgan fingerprint density at radius 3 is 2.60 bits per heavy atom. The molecule has 1 N–H and O–H groups in total. The zero-order chi connectivity index (χ0) is 21.5. The molecule has 0 atom stereocenters. The van der Waals surface area contributed by atoms with E-state index in [-0.39, 0.29) is 17.1 Å². The number of benzene rings is 2. The van der Waals surface area contributed by atoms with Crippen LogP contribution in [0, 0.1) is 12.7 Å². The predicted molar refractivity (Wildman–Crippen MR) is 108 cm³/mol. The minimum Gasteiger partial charge on any atom is -0.493 e. The molecule has 0 spiro atoms. The molecule has 8 heteroatoms. The van der Waals surface area contributed by atoms with Gasteiger partial charge in [0.15, 0.2) is 11.5 Å². The Balaban J connectivity index is 1.67. The van der Waals surface area contributed by atoms with Crippen molar-refractivity contribution in [3.63, 3.8) is 0 Å². The molecule has 3 aromatic rings. The van der Waals surface area contributed by atoms with Crippen LogP contribution in [0.2, 0.25) is 0 Å². The van der Waals surface area contributed by atoms with E-state index in [1.165, 1.54) is 43.8 Å². The van der Waals surface area contributed by atoms with Crippen molar-refractivity contribution >= 4 is 18.1 Å². The highest BCUT2D eigenvalue weighted by Crippen LogP contribution is 2.28. The summed E-state index contributed by atoms with van der Waals surface area (Å²) in [5, 5.41) is 3.91. The lowest BCUT2D eigenvalue weighted by molar-refractivity contribution is 0.0729. The highest BCUT2D eigenvalue weighted by atomic mass is 19.1. The standard InChI is InChI=1S/C22H18FN3O4/c1-14-6-8-17(13-24-14)21(27)26-25-12-15-7-9-19(20(10-15)29-2)30-22(28)16-4-3-5-18(23)11-16/h3-13H,1-2H3,(H,26,27). The second-order valence-electron chi connectivity index (χ2n) is 6.20. The largest absolute Gasteiger partial charge is 0.493 e. The number of nitrogens with one attached hydrogen (secondary N) is 1. The average molecular weight is 407 g/mol. The molecule has 152 valence electrons. The zero-order valence-corrected chi connectivity index (χ0v) is 16.3. The number of halogens is 1. The molecule has 0 aliphatic heterocycles. The van der Waals surface area contributed by atoms with Crippen molar-refractivity contribution in [3.05, 3.63) is 89.0 Å². The quantitative estimate of drug-likeness (QED) is 0.292. The monoisotopic (exact) mass is 407 g/mol. The maximum absolute atomic E-state index is 13.3. The summed E-state index contributed by atoms with van der Waals surface area (Å²) < 4.78 is 23.8. The summed E-state index contributed by atoms with van der Waals surface area (Å²) in [6.07, 6.45) is 2.88. The van der Waals surface area contributed by atoms with Gasteiger partial charge in [-0.05, 0) is 61.0 Å². The van der Waals surface area contributed by atoms with E-state index in [0.29, 0.717) is 11.1 Å². The van der Waals surface area contributed by atoms with Crippen molar-refractivity contribution < 1.29 is 23.5 Å². The highest BCUT2D eigenvalue weighted by Gasteiger charge is 2.13. The normalized spacial score (nSPS) is 10.6. The second kappa shape index (κ2) is 9.42. The van der Waals surface area contributed by atoms with Crippen LogP contribution in [0.15, 0.2) is 65.9 Å². The van der Waals surface area contributed by atoms with Gasteiger partial charge in [0.05, 0.1) is 24.5 Å². The number of esters is 1. The fraction of sp³-hybridized carbons (Fsp3) is 0.0909. The maximum atomic E-state index is 13.3. The summed E-state index contributed by atoms with van der Waals surface area (Å²) in [7, 11) is 1.42. The third-order valence-corrected chi connectivity index (χ3v) is 4.00. The summed E-state index contributed by atoms with van der Waals surface area (Å²) in [6.45, 7) is 1.83. The zero-order valence-electron chi connectivity index (χ0n) is 16.3. The minimum absolute atomic E-state index is 0.0796. The number of rotatable bonds is 6. The van der Waals surface area contributed by atoms with E-state index in [4.69, 9.17) is 9.47 Å². The molecule has 1 heterocycles. The molecule has 1 amide bonds. The van der Waals surface area contributed by atoms with Gasteiger partial charge in [-0.1, -0.05) is 6.07 Å². The maximum Gasteiger partial charge on any atom is 0.343 e. The van der Waals surface area contributed by atoms with Gasteiger partial charge in [0, 0.05) is 11.9 Å². The van der Waals surface area contributed by atoms with Crippen LogP contribution in [0.3, 0.4) is 0 Å². The van der Waals surface area contributed by atoms with E-state index < -0.39 is 17.7 Å². The van der Waals surface area contributed by atoms with Crippen molar-refractivity contribution in [2.75, 3.05) is 7.11 Å². The molecule has 30 heavy (non-hydrogen) atoms. The Labute approximate surface area is 172 Å². The van der Waals surface area contributed by atoms with Crippen LogP contribution < -0.4 is 14.9 Å². The van der Waals surface area contributed by atoms with Crippen molar-refractivity contribution in [1.29, 1.82) is 0 Å². The first-order valence-corrected chi connectivity index (χ1v) is 8.88. The number of methoxy groups -OCH3 is 1. The van der Waals surface area contributed by atoms with Crippen LogP contribution in [0.25, 0.3) is 0 Å². The van der Waals surface area contributed by atoms with E-state index >= 15 is 0 Å². The van der Waals surface area contributed by atoms with Gasteiger partial charge in [-0.15, -0.1) is 0 Å². The number of nitrogens with zero attached hydrogens (tertiary/aromatic N) is 2. The van der Waals surface area contributed by atoms with E-state index in [0.717, 1.165) is 11.8 Å². The number of carbonyl (C=O) groups is 2. The molecule has 0 saturated carbocycles. The molecular weight excluding hydrogens is 389 g/mol. The van der Waals surface area contributed by atoms with Crippen molar-refractivity contribution in [2.24, 2.45) is 5.10 Å². The summed E-state index contributed by atoms with van der Waals surface area (Å²) in [6, 6.07) is 13.3. The minimum atomic E-state index is -0.715. The number of hydrogen-bond acceptors (Lipinski definition) is 6. The second-order valence-corrected chi connectivity index (χ2v) is 6.20. The fourth-order valence-corrected chi connectivity index (χ4v) is 2.46. The first-order chi connectivity index (χ1) is 14.5. The molecule has 2 aromatic carbocycles. The van der Waals surface area contributed by atoms with Crippen LogP contribution in [-0.4, -0.2) is 30.2 Å². The highest BCUT2D eigenvalue weighted by molar-refractivity contribution is 5.94. The lowest BCUT2D eigenvalue weighted by Crippen LogP contribution is -2.17. The number of aryl methyl sites for hydroxylation is 1. The molecular formula is C22H18FN3O4. The van der Waals surface area contributed by atoms with Crippen LogP contribution in [0.4, 0.5) is 4.39 Å². The van der Waals surface area contributed by atoms with Crippen LogP contribution in [0.1, 0.15) is 32.0 Å². The number of hydrazone groups is 1. The lowest BCUT2D eigenvalue weighted by Gasteiger charge is -2.10. The van der Waals surface area contributed by atoms with E-state index in [2.05, 4.69) is 15.5 Å². The Morgan fingerprint density at radius 2 is 1.90 bits per heavy atom. The van der Waals surface area contributed by atoms with Gasteiger partial charge in [-0.3, -0.25) is 9.78 Å². The molecule has 0 saturated heterocycles. The Kier molecular flexibility index (Phi) is 6.49. The molecule has 7 nitrogen and oxygen atoms in total. The molecule has 0 aliphatic carbocycles. The Hall–Kier alpha value is -4.07. The molecule has 0 radical (unpaired) electrons. The number of hydrogen-bond donors (Lipinski definition) is 1. The molecule has 0 fully saturated rings. The average Bonchev–Trinajstić information content (AvgIpc) is 2.75. The first kappa shape index (κ1) is 20.7. The smallest absolute Gasteiger partial charge is 0.343 e. The number of amides is 1. The third kappa shape index (κ3) is 5.26. The number of carbonyl (C=O) groups excluding carboxylic acids is 2. The SMILES string of the molecule is COc1cc(C=NNC(=O)c2ccc(C)nc2)ccc1OC(=O)c1cccc(F)c1. The van der Waals surface area contributed by atoms with Crippen molar-refractivity contribution in [3.8, 4) is 11.5 Å². The van der Waals surface area contributed by atoms with Gasteiger partial charge < -0.3 is 9.47 Å². The molecule has 0 aliphatic rings. The molecule has 1 aromatic heterocycles. The van der Waals surface area contributed by atoms with Gasteiger partial charge in [0.25, 0.3) is 5.91 Å². The van der Waals surface area contributed by atoms with Gasteiger partial charge in [0.1, 0.15) is 5.82 Å².